The fraction of sp³-hybridized carbons (Fsp3) is 0.167. The summed E-state index contributed by atoms with van der Waals surface area (Å²) in [5, 5.41) is 3.54. The highest BCUT2D eigenvalue weighted by molar-refractivity contribution is 7.92. The molecule has 14 heteroatoms. The van der Waals surface area contributed by atoms with Crippen molar-refractivity contribution in [3.8, 4) is 23.0 Å². The van der Waals surface area contributed by atoms with Gasteiger partial charge in [0.2, 0.25) is 15.8 Å². The maximum absolute atomic E-state index is 14.4. The van der Waals surface area contributed by atoms with Crippen LogP contribution in [0.5, 0.6) is 0 Å². The second-order valence-electron chi connectivity index (χ2n) is 6.88. The number of hydrogen-bond donors (Lipinski definition) is 1. The van der Waals surface area contributed by atoms with E-state index in [1.54, 1.807) is 6.92 Å². The van der Waals surface area contributed by atoms with Crippen molar-refractivity contribution >= 4 is 33.0 Å². The summed E-state index contributed by atoms with van der Waals surface area (Å²) >= 11 is 5.93. The Labute approximate surface area is 182 Å². The van der Waals surface area contributed by atoms with Crippen LogP contribution >= 0.6 is 11.6 Å². The van der Waals surface area contributed by atoms with Gasteiger partial charge in [0.25, 0.3) is 5.89 Å². The number of imidazole rings is 1. The molecule has 0 saturated carbocycles. The van der Waals surface area contributed by atoms with E-state index in [-0.39, 0.29) is 39.3 Å². The molecule has 0 fully saturated rings. The Hall–Kier alpha value is -3.19. The number of halogens is 5. The van der Waals surface area contributed by atoms with Gasteiger partial charge in [0.1, 0.15) is 11.5 Å². The third kappa shape index (κ3) is 4.25. The first-order chi connectivity index (χ1) is 14.8. The standard InChI is InChI=1S/C18H12ClF4N5O3S/c1-8-3-13(27-32(2,29)30)12(20)5-10(8)15-25-17(31-26-15)14-7-28-6-9(18(21,22)23)4-11(19)16(28)24-14/h3-7,27H,1-2H3. The van der Waals surface area contributed by atoms with E-state index >= 15 is 0 Å². The quantitative estimate of drug-likeness (QED) is 0.422. The second-order valence-corrected chi connectivity index (χ2v) is 9.03. The topological polar surface area (TPSA) is 102 Å². The van der Waals surface area contributed by atoms with Gasteiger partial charge in [-0.2, -0.15) is 18.2 Å². The Morgan fingerprint density at radius 1 is 1.16 bits per heavy atom. The highest BCUT2D eigenvalue weighted by Gasteiger charge is 2.32. The van der Waals surface area contributed by atoms with Crippen LogP contribution in [0, 0.1) is 12.7 Å². The van der Waals surface area contributed by atoms with Gasteiger partial charge in [0.05, 0.1) is 22.5 Å². The number of sulfonamides is 1. The van der Waals surface area contributed by atoms with Crippen LogP contribution in [0.3, 0.4) is 0 Å². The zero-order valence-electron chi connectivity index (χ0n) is 16.2. The average Bonchev–Trinajstić information content (AvgIpc) is 3.29. The first-order valence-corrected chi connectivity index (χ1v) is 11.0. The molecule has 0 saturated heterocycles. The molecule has 0 bridgehead atoms. The lowest BCUT2D eigenvalue weighted by Gasteiger charge is -2.08. The Bertz CT molecular complexity index is 1460. The van der Waals surface area contributed by atoms with Gasteiger partial charge in [-0.1, -0.05) is 16.8 Å². The predicted octanol–water partition coefficient (Wildman–Crippen LogP) is 4.54. The first-order valence-electron chi connectivity index (χ1n) is 8.69. The van der Waals surface area contributed by atoms with Crippen LogP contribution in [-0.2, 0) is 16.2 Å². The fourth-order valence-electron chi connectivity index (χ4n) is 2.95. The monoisotopic (exact) mass is 489 g/mol. The molecule has 168 valence electrons. The minimum Gasteiger partial charge on any atom is -0.332 e. The van der Waals surface area contributed by atoms with Gasteiger partial charge >= 0.3 is 6.18 Å². The Balaban J connectivity index is 1.72. The molecule has 8 nitrogen and oxygen atoms in total. The van der Waals surface area contributed by atoms with Crippen LogP contribution in [0.15, 0.2) is 35.1 Å². The van der Waals surface area contributed by atoms with Crippen molar-refractivity contribution in [1.29, 1.82) is 0 Å². The number of aromatic nitrogens is 4. The normalized spacial score (nSPS) is 12.5. The van der Waals surface area contributed by atoms with Crippen molar-refractivity contribution in [2.24, 2.45) is 0 Å². The highest BCUT2D eigenvalue weighted by atomic mass is 35.5. The zero-order valence-corrected chi connectivity index (χ0v) is 17.8. The smallest absolute Gasteiger partial charge is 0.332 e. The molecular formula is C18H12ClF4N5O3S. The van der Waals surface area contributed by atoms with Gasteiger partial charge in [-0.15, -0.1) is 0 Å². The first kappa shape index (κ1) is 22.0. The van der Waals surface area contributed by atoms with Gasteiger partial charge in [-0.05, 0) is 30.7 Å². The number of pyridine rings is 1. The number of alkyl halides is 3. The van der Waals surface area contributed by atoms with Crippen molar-refractivity contribution in [3.63, 3.8) is 0 Å². The van der Waals surface area contributed by atoms with Gasteiger partial charge < -0.3 is 8.92 Å². The summed E-state index contributed by atoms with van der Waals surface area (Å²) in [5.74, 6) is -1.02. The van der Waals surface area contributed by atoms with E-state index in [1.807, 2.05) is 0 Å². The lowest BCUT2D eigenvalue weighted by Crippen LogP contribution is -2.11. The maximum Gasteiger partial charge on any atom is 0.417 e. The molecule has 0 atom stereocenters. The number of nitrogens with zero attached hydrogens (tertiary/aromatic N) is 4. The molecule has 1 aromatic carbocycles. The van der Waals surface area contributed by atoms with E-state index in [2.05, 4.69) is 19.8 Å². The average molecular weight is 490 g/mol. The Morgan fingerprint density at radius 2 is 1.88 bits per heavy atom. The SMILES string of the molecule is Cc1cc(NS(C)(=O)=O)c(F)cc1-c1noc(-c2cn3cc(C(F)(F)F)cc(Cl)c3n2)n1. The third-order valence-corrected chi connectivity index (χ3v) is 5.20. The minimum atomic E-state index is -4.60. The molecule has 0 radical (unpaired) electrons. The van der Waals surface area contributed by atoms with Crippen LogP contribution in [0.2, 0.25) is 5.02 Å². The van der Waals surface area contributed by atoms with Crippen LogP contribution < -0.4 is 4.72 Å². The summed E-state index contributed by atoms with van der Waals surface area (Å²) in [6, 6.07) is 3.06. The summed E-state index contributed by atoms with van der Waals surface area (Å²) in [5.41, 5.74) is -0.436. The summed E-state index contributed by atoms with van der Waals surface area (Å²) < 4.78 is 84.4. The fourth-order valence-corrected chi connectivity index (χ4v) is 3.77. The van der Waals surface area contributed by atoms with Gasteiger partial charge in [0.15, 0.2) is 5.65 Å². The van der Waals surface area contributed by atoms with Crippen molar-refractivity contribution in [1.82, 2.24) is 19.5 Å². The second kappa shape index (κ2) is 7.45. The molecule has 4 rings (SSSR count). The molecule has 4 aromatic rings. The Morgan fingerprint density at radius 3 is 2.53 bits per heavy atom. The van der Waals surface area contributed by atoms with Crippen molar-refractivity contribution in [2.75, 3.05) is 11.0 Å². The number of hydrogen-bond acceptors (Lipinski definition) is 6. The number of fused-ring (bicyclic) bond motifs is 1. The van der Waals surface area contributed by atoms with Gasteiger partial charge in [0, 0.05) is 18.0 Å². The summed E-state index contributed by atoms with van der Waals surface area (Å²) in [4.78, 5) is 8.25. The van der Waals surface area contributed by atoms with Crippen molar-refractivity contribution < 1.29 is 30.5 Å². The zero-order chi connectivity index (χ0) is 23.4. The largest absolute Gasteiger partial charge is 0.417 e. The van der Waals surface area contributed by atoms with Crippen LogP contribution in [0.1, 0.15) is 11.1 Å². The molecule has 1 N–H and O–H groups in total. The van der Waals surface area contributed by atoms with E-state index in [1.165, 1.54) is 12.3 Å². The summed E-state index contributed by atoms with van der Waals surface area (Å²) in [7, 11) is -3.69. The van der Waals surface area contributed by atoms with Gasteiger partial charge in [-0.25, -0.2) is 17.8 Å². The summed E-state index contributed by atoms with van der Waals surface area (Å²) in [6.45, 7) is 1.58. The highest BCUT2D eigenvalue weighted by Crippen LogP contribution is 2.33. The molecule has 0 unspecified atom stereocenters. The van der Waals surface area contributed by atoms with Gasteiger partial charge in [-0.3, -0.25) is 4.72 Å². The molecular weight excluding hydrogens is 478 g/mol. The Kier molecular flexibility index (Phi) is 5.12. The number of rotatable bonds is 4. The molecule has 32 heavy (non-hydrogen) atoms. The number of anilines is 1. The third-order valence-electron chi connectivity index (χ3n) is 4.33. The molecule has 3 aromatic heterocycles. The van der Waals surface area contributed by atoms with E-state index in [4.69, 9.17) is 16.1 Å². The van der Waals surface area contributed by atoms with E-state index < -0.39 is 27.6 Å². The number of benzene rings is 1. The molecule has 3 heterocycles. The molecule has 0 aliphatic carbocycles. The minimum absolute atomic E-state index is 0.0264. The predicted molar refractivity (Wildman–Crippen MR) is 107 cm³/mol. The molecule has 0 amide bonds. The van der Waals surface area contributed by atoms with E-state index in [9.17, 15) is 26.0 Å². The van der Waals surface area contributed by atoms with E-state index in [0.717, 1.165) is 29.0 Å². The maximum atomic E-state index is 14.4. The molecule has 0 aliphatic heterocycles. The molecule has 0 aliphatic rings. The van der Waals surface area contributed by atoms with Crippen molar-refractivity contribution in [2.45, 2.75) is 13.1 Å². The molecule has 0 spiro atoms. The van der Waals surface area contributed by atoms with E-state index in [0.29, 0.717) is 5.56 Å². The number of aryl methyl sites for hydroxylation is 1. The van der Waals surface area contributed by atoms with Crippen LogP contribution in [-0.4, -0.2) is 34.2 Å². The lowest BCUT2D eigenvalue weighted by molar-refractivity contribution is -0.137. The van der Waals surface area contributed by atoms with Crippen LogP contribution in [0.4, 0.5) is 23.2 Å². The van der Waals surface area contributed by atoms with Crippen molar-refractivity contribution in [3.05, 3.63) is 52.6 Å². The number of nitrogens with one attached hydrogen (secondary N) is 1. The lowest BCUT2D eigenvalue weighted by atomic mass is 10.1. The summed E-state index contributed by atoms with van der Waals surface area (Å²) in [6.07, 6.45) is -1.65. The van der Waals surface area contributed by atoms with Crippen LogP contribution in [0.25, 0.3) is 28.6 Å².